The molecule has 22 heavy (non-hydrogen) atoms. The minimum atomic E-state index is -0.135. The van der Waals surface area contributed by atoms with E-state index in [1.807, 2.05) is 12.1 Å². The number of rotatable bonds is 5. The number of aromatic nitrogens is 4. The molecule has 3 aromatic rings. The van der Waals surface area contributed by atoms with Crippen molar-refractivity contribution in [2.75, 3.05) is 6.54 Å². The Morgan fingerprint density at radius 1 is 1.36 bits per heavy atom. The molecular formula is C14H12ClN5OS. The van der Waals surface area contributed by atoms with Crippen LogP contribution in [0.3, 0.4) is 0 Å². The number of halogens is 1. The van der Waals surface area contributed by atoms with Crippen molar-refractivity contribution in [3.8, 4) is 11.4 Å². The van der Waals surface area contributed by atoms with Crippen LogP contribution in [0.25, 0.3) is 11.4 Å². The molecule has 3 aromatic heterocycles. The van der Waals surface area contributed by atoms with Gasteiger partial charge in [-0.1, -0.05) is 11.6 Å². The van der Waals surface area contributed by atoms with Gasteiger partial charge in [-0.15, -0.1) is 11.3 Å². The molecule has 0 saturated heterocycles. The highest BCUT2D eigenvalue weighted by atomic mass is 35.5. The molecule has 112 valence electrons. The van der Waals surface area contributed by atoms with Gasteiger partial charge in [-0.05, 0) is 24.3 Å². The Hall–Kier alpha value is -2.25. The maximum atomic E-state index is 11.9. The smallest absolute Gasteiger partial charge is 0.261 e. The van der Waals surface area contributed by atoms with E-state index in [0.717, 1.165) is 5.56 Å². The zero-order valence-electron chi connectivity index (χ0n) is 11.4. The first-order valence-electron chi connectivity index (χ1n) is 6.57. The van der Waals surface area contributed by atoms with E-state index in [0.29, 0.717) is 33.8 Å². The number of H-pyrrole nitrogens is 1. The Kier molecular flexibility index (Phi) is 4.45. The monoisotopic (exact) mass is 333 g/mol. The van der Waals surface area contributed by atoms with Gasteiger partial charge in [-0.3, -0.25) is 14.9 Å². The summed E-state index contributed by atoms with van der Waals surface area (Å²) < 4.78 is 0.599. The fourth-order valence-electron chi connectivity index (χ4n) is 1.85. The summed E-state index contributed by atoms with van der Waals surface area (Å²) in [5.41, 5.74) is 0.849. The van der Waals surface area contributed by atoms with E-state index in [4.69, 9.17) is 11.6 Å². The summed E-state index contributed by atoms with van der Waals surface area (Å²) in [5.74, 6) is 1.17. The molecule has 0 unspecified atom stereocenters. The number of carbonyl (C=O) groups is 1. The van der Waals surface area contributed by atoms with E-state index >= 15 is 0 Å². The molecular weight excluding hydrogens is 322 g/mol. The number of amides is 1. The van der Waals surface area contributed by atoms with Crippen molar-refractivity contribution in [3.05, 3.63) is 51.7 Å². The highest BCUT2D eigenvalue weighted by molar-refractivity contribution is 7.17. The summed E-state index contributed by atoms with van der Waals surface area (Å²) in [6.07, 6.45) is 3.97. The molecule has 0 bridgehead atoms. The van der Waals surface area contributed by atoms with Crippen molar-refractivity contribution < 1.29 is 4.79 Å². The quantitative estimate of drug-likeness (QED) is 0.751. The van der Waals surface area contributed by atoms with Gasteiger partial charge in [0.05, 0.1) is 9.21 Å². The molecule has 0 fully saturated rings. The van der Waals surface area contributed by atoms with Crippen molar-refractivity contribution in [2.24, 2.45) is 0 Å². The van der Waals surface area contributed by atoms with E-state index in [1.165, 1.54) is 11.3 Å². The first kappa shape index (κ1) is 14.7. The lowest BCUT2D eigenvalue weighted by Crippen LogP contribution is -2.25. The van der Waals surface area contributed by atoms with Gasteiger partial charge >= 0.3 is 0 Å². The average molecular weight is 334 g/mol. The van der Waals surface area contributed by atoms with E-state index in [2.05, 4.69) is 25.5 Å². The van der Waals surface area contributed by atoms with Gasteiger partial charge in [-0.2, -0.15) is 5.10 Å². The van der Waals surface area contributed by atoms with Crippen LogP contribution in [0, 0.1) is 0 Å². The fraction of sp³-hybridized carbons (Fsp3) is 0.143. The summed E-state index contributed by atoms with van der Waals surface area (Å²) in [5, 5.41) is 9.83. The predicted molar refractivity (Wildman–Crippen MR) is 85.0 cm³/mol. The minimum Gasteiger partial charge on any atom is -0.351 e. The fourth-order valence-corrected chi connectivity index (χ4v) is 2.81. The molecule has 0 atom stereocenters. The third kappa shape index (κ3) is 3.49. The molecule has 6 nitrogen and oxygen atoms in total. The lowest BCUT2D eigenvalue weighted by molar-refractivity contribution is 0.0958. The van der Waals surface area contributed by atoms with Gasteiger partial charge in [-0.25, -0.2) is 4.98 Å². The number of hydrogen-bond acceptors (Lipinski definition) is 5. The molecule has 0 spiro atoms. The normalized spacial score (nSPS) is 10.6. The van der Waals surface area contributed by atoms with Crippen LogP contribution in [-0.2, 0) is 6.42 Å². The van der Waals surface area contributed by atoms with E-state index in [9.17, 15) is 4.79 Å². The van der Waals surface area contributed by atoms with Gasteiger partial charge in [0, 0.05) is 30.9 Å². The van der Waals surface area contributed by atoms with E-state index in [1.54, 1.807) is 24.5 Å². The number of carbonyl (C=O) groups excluding carboxylic acids is 1. The highest BCUT2D eigenvalue weighted by Crippen LogP contribution is 2.21. The summed E-state index contributed by atoms with van der Waals surface area (Å²) in [6.45, 7) is 0.468. The van der Waals surface area contributed by atoms with Crippen molar-refractivity contribution in [1.29, 1.82) is 0 Å². The molecule has 3 heterocycles. The molecule has 1 amide bonds. The molecule has 0 aliphatic rings. The molecule has 0 aliphatic carbocycles. The van der Waals surface area contributed by atoms with Gasteiger partial charge < -0.3 is 5.32 Å². The Labute approximate surface area is 135 Å². The second-order valence-electron chi connectivity index (χ2n) is 4.46. The molecule has 2 N–H and O–H groups in total. The lowest BCUT2D eigenvalue weighted by Gasteiger charge is -2.01. The van der Waals surface area contributed by atoms with Crippen LogP contribution >= 0.6 is 22.9 Å². The van der Waals surface area contributed by atoms with Gasteiger partial charge in [0.15, 0.2) is 5.82 Å². The molecule has 0 radical (unpaired) electrons. The molecule has 3 rings (SSSR count). The number of aromatic amines is 1. The standard InChI is InChI=1S/C14H12ClN5OS/c15-11-4-3-10(22-11)14(21)17-7-5-12-18-13(20-19-12)9-2-1-6-16-8-9/h1-4,6,8H,5,7H2,(H,17,21)(H,18,19,20). The third-order valence-electron chi connectivity index (χ3n) is 2.90. The van der Waals surface area contributed by atoms with Crippen LogP contribution in [0.15, 0.2) is 36.7 Å². The number of hydrogen-bond donors (Lipinski definition) is 2. The first-order valence-corrected chi connectivity index (χ1v) is 7.77. The predicted octanol–water partition coefficient (Wildman–Crippen LogP) is 2.55. The van der Waals surface area contributed by atoms with Gasteiger partial charge in [0.1, 0.15) is 5.82 Å². The maximum absolute atomic E-state index is 11.9. The molecule has 0 saturated carbocycles. The van der Waals surface area contributed by atoms with Crippen LogP contribution < -0.4 is 5.32 Å². The van der Waals surface area contributed by atoms with Crippen molar-refractivity contribution in [3.63, 3.8) is 0 Å². The van der Waals surface area contributed by atoms with Crippen molar-refractivity contribution in [1.82, 2.24) is 25.5 Å². The van der Waals surface area contributed by atoms with E-state index in [-0.39, 0.29) is 5.91 Å². The van der Waals surface area contributed by atoms with Gasteiger partial charge in [0.25, 0.3) is 5.91 Å². The summed E-state index contributed by atoms with van der Waals surface area (Å²) >= 11 is 7.06. The Morgan fingerprint density at radius 2 is 2.27 bits per heavy atom. The number of pyridine rings is 1. The minimum absolute atomic E-state index is 0.135. The van der Waals surface area contributed by atoms with Crippen molar-refractivity contribution in [2.45, 2.75) is 6.42 Å². The Morgan fingerprint density at radius 3 is 3.00 bits per heavy atom. The second-order valence-corrected chi connectivity index (χ2v) is 6.17. The number of nitrogens with one attached hydrogen (secondary N) is 2. The Bertz CT molecular complexity index is 770. The number of thiophene rings is 1. The zero-order chi connectivity index (χ0) is 15.4. The topological polar surface area (TPSA) is 83.6 Å². The average Bonchev–Trinajstić information content (AvgIpc) is 3.17. The van der Waals surface area contributed by atoms with Crippen LogP contribution in [0.4, 0.5) is 0 Å². The van der Waals surface area contributed by atoms with Crippen LogP contribution in [0.2, 0.25) is 4.34 Å². The molecule has 0 aromatic carbocycles. The Balaban J connectivity index is 1.54. The second kappa shape index (κ2) is 6.67. The maximum Gasteiger partial charge on any atom is 0.261 e. The first-order chi connectivity index (χ1) is 10.7. The summed E-state index contributed by atoms with van der Waals surface area (Å²) in [7, 11) is 0. The summed E-state index contributed by atoms with van der Waals surface area (Å²) in [4.78, 5) is 20.9. The lowest BCUT2D eigenvalue weighted by atomic mass is 10.3. The SMILES string of the molecule is O=C(NCCc1nc(-c2cccnc2)n[nH]1)c1ccc(Cl)s1. The largest absolute Gasteiger partial charge is 0.351 e. The van der Waals surface area contributed by atoms with Gasteiger partial charge in [0.2, 0.25) is 0 Å². The van der Waals surface area contributed by atoms with Crippen molar-refractivity contribution >= 4 is 28.8 Å². The number of nitrogens with zero attached hydrogens (tertiary/aromatic N) is 3. The zero-order valence-corrected chi connectivity index (χ0v) is 13.0. The third-order valence-corrected chi connectivity index (χ3v) is 4.13. The van der Waals surface area contributed by atoms with Crippen LogP contribution in [0.1, 0.15) is 15.5 Å². The van der Waals surface area contributed by atoms with Crippen LogP contribution in [-0.4, -0.2) is 32.6 Å². The van der Waals surface area contributed by atoms with Crippen LogP contribution in [0.5, 0.6) is 0 Å². The molecule has 0 aliphatic heterocycles. The van der Waals surface area contributed by atoms with E-state index < -0.39 is 0 Å². The molecule has 8 heteroatoms. The highest BCUT2D eigenvalue weighted by Gasteiger charge is 2.09. The summed E-state index contributed by atoms with van der Waals surface area (Å²) in [6, 6.07) is 7.13.